The second kappa shape index (κ2) is 8.02. The minimum Gasteiger partial charge on any atom is -0.464 e. The van der Waals surface area contributed by atoms with Crippen LogP contribution >= 0.6 is 11.8 Å². The maximum atomic E-state index is 12.5. The van der Waals surface area contributed by atoms with Gasteiger partial charge in [0.1, 0.15) is 11.1 Å². The number of allylic oxidation sites excluding steroid dienone is 1. The van der Waals surface area contributed by atoms with Gasteiger partial charge in [-0.1, -0.05) is 31.7 Å². The number of fused-ring (bicyclic) bond motifs is 1. The molecule has 1 aromatic carbocycles. The van der Waals surface area contributed by atoms with E-state index in [1.807, 2.05) is 5.41 Å². The summed E-state index contributed by atoms with van der Waals surface area (Å²) in [5, 5.41) is 1.44. The molecule has 27 heavy (non-hydrogen) atoms. The molecule has 1 amide bonds. The molecule has 2 aliphatic heterocycles. The van der Waals surface area contributed by atoms with Crippen LogP contribution in [0.4, 0.5) is 0 Å². The van der Waals surface area contributed by atoms with Crippen LogP contribution in [0, 0.1) is 12.8 Å². The lowest BCUT2D eigenvalue weighted by atomic mass is 9.97. The highest BCUT2D eigenvalue weighted by molar-refractivity contribution is 8.02. The van der Waals surface area contributed by atoms with Crippen molar-refractivity contribution in [2.75, 3.05) is 12.9 Å². The van der Waals surface area contributed by atoms with E-state index in [4.69, 9.17) is 4.74 Å². The Morgan fingerprint density at radius 1 is 1.44 bits per heavy atom. The first-order chi connectivity index (χ1) is 12.9. The first-order valence-corrected chi connectivity index (χ1v) is 11.1. The van der Waals surface area contributed by atoms with Gasteiger partial charge in [0.2, 0.25) is 5.91 Å². The van der Waals surface area contributed by atoms with Crippen molar-refractivity contribution in [3.05, 3.63) is 52.1 Å². The largest absolute Gasteiger partial charge is 0.464 e. The third-order valence-electron chi connectivity index (χ3n) is 4.97. The molecule has 0 aliphatic carbocycles. The van der Waals surface area contributed by atoms with Crippen LogP contribution in [0.2, 0.25) is 0 Å². The number of carbonyl (C=O) groups excluding carboxylic acids is 2. The van der Waals surface area contributed by atoms with E-state index in [1.54, 1.807) is 13.0 Å². The number of amides is 1. The van der Waals surface area contributed by atoms with Gasteiger partial charge in [0.05, 0.1) is 18.8 Å². The second-order valence-corrected chi connectivity index (χ2v) is 9.15. The number of thioether (sulfide) groups is 1. The van der Waals surface area contributed by atoms with Crippen LogP contribution in [-0.2, 0) is 31.5 Å². The first-order valence-electron chi connectivity index (χ1n) is 8.83. The molecule has 3 atom stereocenters. The van der Waals surface area contributed by atoms with E-state index >= 15 is 0 Å². The summed E-state index contributed by atoms with van der Waals surface area (Å²) in [5.74, 6) is -0.831. The Hall–Kier alpha value is -1.86. The van der Waals surface area contributed by atoms with Crippen molar-refractivity contribution in [2.24, 2.45) is 5.92 Å². The fourth-order valence-corrected chi connectivity index (χ4v) is 5.88. The zero-order chi connectivity index (χ0) is 19.7. The first kappa shape index (κ1) is 19.9. The molecule has 1 saturated heterocycles. The van der Waals surface area contributed by atoms with Crippen molar-refractivity contribution in [3.8, 4) is 0 Å². The molecule has 0 bridgehead atoms. The summed E-state index contributed by atoms with van der Waals surface area (Å²) in [6, 6.07) is 6.29. The molecular weight excluding hydrogens is 382 g/mol. The van der Waals surface area contributed by atoms with E-state index in [9.17, 15) is 13.8 Å². The van der Waals surface area contributed by atoms with Gasteiger partial charge >= 0.3 is 5.97 Å². The molecule has 1 aromatic rings. The normalized spacial score (nSPS) is 24.8. The summed E-state index contributed by atoms with van der Waals surface area (Å²) < 4.78 is 17.4. The summed E-state index contributed by atoms with van der Waals surface area (Å²) in [6.07, 6.45) is 2.74. The van der Waals surface area contributed by atoms with Crippen molar-refractivity contribution in [1.82, 2.24) is 4.90 Å². The van der Waals surface area contributed by atoms with E-state index in [0.29, 0.717) is 5.57 Å². The van der Waals surface area contributed by atoms with Crippen LogP contribution in [0.5, 0.6) is 0 Å². The van der Waals surface area contributed by atoms with Gasteiger partial charge in [-0.2, -0.15) is 0 Å². The monoisotopic (exact) mass is 405 g/mol. The lowest BCUT2D eigenvalue weighted by molar-refractivity contribution is -0.152. The Morgan fingerprint density at radius 2 is 2.19 bits per heavy atom. The zero-order valence-electron chi connectivity index (χ0n) is 15.9. The predicted molar refractivity (Wildman–Crippen MR) is 107 cm³/mol. The maximum absolute atomic E-state index is 12.5. The van der Waals surface area contributed by atoms with Crippen LogP contribution in [0.3, 0.4) is 0 Å². The minimum absolute atomic E-state index is 0.182. The molecule has 3 rings (SSSR count). The molecule has 7 heteroatoms. The molecule has 3 unspecified atom stereocenters. The number of β-lactam (4-membered cyclic amide) rings is 1. The summed E-state index contributed by atoms with van der Waals surface area (Å²) in [6.45, 7) is 5.96. The maximum Gasteiger partial charge on any atom is 0.355 e. The van der Waals surface area contributed by atoms with Crippen molar-refractivity contribution in [1.29, 1.82) is 0 Å². The van der Waals surface area contributed by atoms with Gasteiger partial charge in [-0.05, 0) is 53.7 Å². The molecular formula is C20H23NO4S2. The fraction of sp³-hybridized carbons (Fsp3) is 0.400. The Morgan fingerprint density at radius 3 is 2.85 bits per heavy atom. The highest BCUT2D eigenvalue weighted by Crippen LogP contribution is 2.39. The Labute approximate surface area is 166 Å². The van der Waals surface area contributed by atoms with Gasteiger partial charge in [0.25, 0.3) is 0 Å². The lowest BCUT2D eigenvalue weighted by Gasteiger charge is -2.47. The number of hydrogen-bond donors (Lipinski definition) is 0. The van der Waals surface area contributed by atoms with Crippen LogP contribution in [-0.4, -0.2) is 39.2 Å². The lowest BCUT2D eigenvalue weighted by Crippen LogP contribution is -2.64. The third-order valence-corrected chi connectivity index (χ3v) is 7.53. The molecule has 2 aliphatic rings. The average molecular weight is 406 g/mol. The molecule has 0 saturated carbocycles. The highest BCUT2D eigenvalue weighted by atomic mass is 32.2. The SMILES string of the molecule is CCc1cc(S/C=C/C2=C(C(=O)OC)N3C(=O)C(C)C3S(=O)C2)ccc1C. The number of ether oxygens (including phenoxy) is 1. The van der Waals surface area contributed by atoms with Crippen molar-refractivity contribution >= 4 is 34.4 Å². The molecule has 0 aromatic heterocycles. The number of esters is 1. The minimum atomic E-state index is -1.23. The summed E-state index contributed by atoms with van der Waals surface area (Å²) in [4.78, 5) is 26.9. The van der Waals surface area contributed by atoms with Gasteiger partial charge in [0, 0.05) is 15.7 Å². The molecule has 5 nitrogen and oxygen atoms in total. The smallest absolute Gasteiger partial charge is 0.355 e. The Kier molecular flexibility index (Phi) is 5.91. The molecule has 0 radical (unpaired) electrons. The molecule has 144 valence electrons. The van der Waals surface area contributed by atoms with Crippen LogP contribution in [0.1, 0.15) is 25.0 Å². The van der Waals surface area contributed by atoms with E-state index in [1.165, 1.54) is 34.9 Å². The van der Waals surface area contributed by atoms with E-state index in [-0.39, 0.29) is 23.3 Å². The fourth-order valence-electron chi connectivity index (χ4n) is 3.40. The van der Waals surface area contributed by atoms with Crippen molar-refractivity contribution in [2.45, 2.75) is 37.5 Å². The number of carbonyl (C=O) groups is 2. The van der Waals surface area contributed by atoms with E-state index in [2.05, 4.69) is 32.0 Å². The number of aryl methyl sites for hydroxylation is 2. The third kappa shape index (κ3) is 3.62. The second-order valence-electron chi connectivity index (χ2n) is 6.64. The van der Waals surface area contributed by atoms with Gasteiger partial charge in [0.15, 0.2) is 0 Å². The van der Waals surface area contributed by atoms with Gasteiger partial charge < -0.3 is 4.74 Å². The summed E-state index contributed by atoms with van der Waals surface area (Å²) in [5.41, 5.74) is 3.36. The molecule has 2 heterocycles. The van der Waals surface area contributed by atoms with Crippen LogP contribution in [0.15, 0.2) is 45.8 Å². The predicted octanol–water partition coefficient (Wildman–Crippen LogP) is 3.16. The number of benzene rings is 1. The van der Waals surface area contributed by atoms with Crippen LogP contribution < -0.4 is 0 Å². The summed E-state index contributed by atoms with van der Waals surface area (Å²) >= 11 is 1.53. The number of methoxy groups -OCH3 is 1. The standard InChI is InChI=1S/C20H23NO4S2/c1-5-14-10-16(7-6-12(14)2)26-9-8-15-11-27(24)19-13(3)18(22)21(19)17(15)20(23)25-4/h6-10,13,19H,5,11H2,1-4H3/b9-8+. The summed E-state index contributed by atoms with van der Waals surface area (Å²) in [7, 11) is 0.0644. The number of hydrogen-bond acceptors (Lipinski definition) is 5. The van der Waals surface area contributed by atoms with Gasteiger partial charge in [-0.15, -0.1) is 0 Å². The van der Waals surface area contributed by atoms with Crippen LogP contribution in [0.25, 0.3) is 0 Å². The number of nitrogens with zero attached hydrogens (tertiary/aromatic N) is 1. The van der Waals surface area contributed by atoms with E-state index < -0.39 is 22.1 Å². The molecule has 0 spiro atoms. The van der Waals surface area contributed by atoms with Crippen molar-refractivity contribution in [3.63, 3.8) is 0 Å². The molecule has 1 fully saturated rings. The van der Waals surface area contributed by atoms with Gasteiger partial charge in [-0.3, -0.25) is 13.9 Å². The highest BCUT2D eigenvalue weighted by Gasteiger charge is 2.54. The van der Waals surface area contributed by atoms with E-state index in [0.717, 1.165) is 11.3 Å². The Bertz CT molecular complexity index is 875. The quantitative estimate of drug-likeness (QED) is 0.428. The number of rotatable bonds is 5. The Balaban J connectivity index is 1.87. The average Bonchev–Trinajstić information content (AvgIpc) is 2.67. The zero-order valence-corrected chi connectivity index (χ0v) is 17.5. The molecule has 0 N–H and O–H groups in total. The van der Waals surface area contributed by atoms with Crippen molar-refractivity contribution < 1.29 is 18.5 Å². The topological polar surface area (TPSA) is 63.7 Å². The van der Waals surface area contributed by atoms with Gasteiger partial charge in [-0.25, -0.2) is 4.79 Å².